The standard InChI is InChI=1S/C22H34N4O3/c1-6-11-28-20-10-9-16(12-21(20)27-5)14-24-22(23-4)25-15-18-13-19(26-29-18)17(7-2)8-3/h9-10,12-13,17H,6-8,11,14-15H2,1-5H3,(H2,23,24,25). The van der Waals surface area contributed by atoms with E-state index in [-0.39, 0.29) is 0 Å². The average Bonchev–Trinajstić information content (AvgIpc) is 3.22. The van der Waals surface area contributed by atoms with E-state index in [4.69, 9.17) is 14.0 Å². The van der Waals surface area contributed by atoms with Gasteiger partial charge in [-0.05, 0) is 37.0 Å². The van der Waals surface area contributed by atoms with Crippen LogP contribution in [0, 0.1) is 0 Å². The van der Waals surface area contributed by atoms with Crippen molar-refractivity contribution >= 4 is 5.96 Å². The van der Waals surface area contributed by atoms with E-state index in [1.807, 2.05) is 24.3 Å². The number of aromatic nitrogens is 1. The molecule has 1 heterocycles. The zero-order valence-electron chi connectivity index (χ0n) is 18.2. The van der Waals surface area contributed by atoms with Crippen molar-refractivity contribution in [1.29, 1.82) is 0 Å². The van der Waals surface area contributed by atoms with Crippen LogP contribution in [-0.4, -0.2) is 31.9 Å². The minimum atomic E-state index is 0.448. The fraction of sp³-hybridized carbons (Fsp3) is 0.545. The fourth-order valence-corrected chi connectivity index (χ4v) is 3.04. The van der Waals surface area contributed by atoms with E-state index in [0.29, 0.717) is 31.6 Å². The minimum Gasteiger partial charge on any atom is -0.493 e. The Labute approximate surface area is 173 Å². The number of aliphatic imine (C=N–C) groups is 1. The molecule has 0 aliphatic rings. The number of rotatable bonds is 11. The maximum absolute atomic E-state index is 5.70. The molecule has 0 spiro atoms. The van der Waals surface area contributed by atoms with Gasteiger partial charge in [-0.3, -0.25) is 4.99 Å². The zero-order chi connectivity index (χ0) is 21.1. The van der Waals surface area contributed by atoms with Crippen LogP contribution in [0.3, 0.4) is 0 Å². The number of hydrogen-bond donors (Lipinski definition) is 2. The van der Waals surface area contributed by atoms with E-state index in [1.165, 1.54) is 0 Å². The monoisotopic (exact) mass is 402 g/mol. The van der Waals surface area contributed by atoms with Crippen molar-refractivity contribution < 1.29 is 14.0 Å². The number of methoxy groups -OCH3 is 1. The highest BCUT2D eigenvalue weighted by Crippen LogP contribution is 2.28. The van der Waals surface area contributed by atoms with Crippen LogP contribution in [0.2, 0.25) is 0 Å². The van der Waals surface area contributed by atoms with Crippen molar-refractivity contribution in [3.63, 3.8) is 0 Å². The van der Waals surface area contributed by atoms with E-state index in [0.717, 1.165) is 47.8 Å². The summed E-state index contributed by atoms with van der Waals surface area (Å²) >= 11 is 0. The molecule has 0 aliphatic carbocycles. The summed E-state index contributed by atoms with van der Waals surface area (Å²) in [6.07, 6.45) is 3.08. The first kappa shape index (κ1) is 22.6. The Kier molecular flexibility index (Phi) is 9.34. The quantitative estimate of drug-likeness (QED) is 0.432. The van der Waals surface area contributed by atoms with Crippen LogP contribution in [0.15, 0.2) is 33.8 Å². The summed E-state index contributed by atoms with van der Waals surface area (Å²) in [4.78, 5) is 4.27. The molecule has 1 aromatic heterocycles. The summed E-state index contributed by atoms with van der Waals surface area (Å²) in [6.45, 7) is 8.23. The second-order valence-corrected chi connectivity index (χ2v) is 6.84. The van der Waals surface area contributed by atoms with Crippen LogP contribution in [-0.2, 0) is 13.1 Å². The third kappa shape index (κ3) is 6.69. The number of guanidine groups is 1. The Balaban J connectivity index is 1.89. The fourth-order valence-electron chi connectivity index (χ4n) is 3.04. The molecule has 2 N–H and O–H groups in total. The summed E-state index contributed by atoms with van der Waals surface area (Å²) in [5.41, 5.74) is 2.09. The lowest BCUT2D eigenvalue weighted by molar-refractivity contribution is 0.294. The third-order valence-corrected chi connectivity index (χ3v) is 4.78. The number of benzene rings is 1. The van der Waals surface area contributed by atoms with Gasteiger partial charge in [0.2, 0.25) is 0 Å². The van der Waals surface area contributed by atoms with Gasteiger partial charge in [-0.1, -0.05) is 32.0 Å². The molecule has 2 aromatic rings. The summed E-state index contributed by atoms with van der Waals surface area (Å²) in [5, 5.41) is 10.8. The first-order chi connectivity index (χ1) is 14.1. The highest BCUT2D eigenvalue weighted by molar-refractivity contribution is 5.79. The molecule has 0 unspecified atom stereocenters. The van der Waals surface area contributed by atoms with Gasteiger partial charge in [0.05, 0.1) is 26.0 Å². The highest BCUT2D eigenvalue weighted by atomic mass is 16.5. The summed E-state index contributed by atoms with van der Waals surface area (Å²) < 4.78 is 16.6. The maximum Gasteiger partial charge on any atom is 0.191 e. The Morgan fingerprint density at radius 3 is 2.52 bits per heavy atom. The molecule has 0 radical (unpaired) electrons. The van der Waals surface area contributed by atoms with Gasteiger partial charge in [0.25, 0.3) is 0 Å². The lowest BCUT2D eigenvalue weighted by Crippen LogP contribution is -2.36. The molecule has 1 aromatic carbocycles. The van der Waals surface area contributed by atoms with E-state index in [1.54, 1.807) is 14.2 Å². The molecule has 0 fully saturated rings. The Bertz CT molecular complexity index is 769. The van der Waals surface area contributed by atoms with Crippen LogP contribution in [0.4, 0.5) is 0 Å². The Morgan fingerprint density at radius 2 is 1.86 bits per heavy atom. The van der Waals surface area contributed by atoms with Crippen molar-refractivity contribution in [3.05, 3.63) is 41.3 Å². The molecule has 0 saturated heterocycles. The molecular weight excluding hydrogens is 368 g/mol. The van der Waals surface area contributed by atoms with Gasteiger partial charge in [0.15, 0.2) is 23.2 Å². The van der Waals surface area contributed by atoms with Crippen LogP contribution >= 0.6 is 0 Å². The molecule has 7 nitrogen and oxygen atoms in total. The van der Waals surface area contributed by atoms with Gasteiger partial charge >= 0.3 is 0 Å². The van der Waals surface area contributed by atoms with E-state index in [9.17, 15) is 0 Å². The molecule has 29 heavy (non-hydrogen) atoms. The number of nitrogens with one attached hydrogen (secondary N) is 2. The Morgan fingerprint density at radius 1 is 1.10 bits per heavy atom. The van der Waals surface area contributed by atoms with Crippen LogP contribution < -0.4 is 20.1 Å². The second-order valence-electron chi connectivity index (χ2n) is 6.84. The van der Waals surface area contributed by atoms with Crippen LogP contribution in [0.25, 0.3) is 0 Å². The molecule has 0 saturated carbocycles. The van der Waals surface area contributed by atoms with Gasteiger partial charge in [-0.15, -0.1) is 0 Å². The second kappa shape index (κ2) is 12.0. The minimum absolute atomic E-state index is 0.448. The van der Waals surface area contributed by atoms with E-state index >= 15 is 0 Å². The first-order valence-electron chi connectivity index (χ1n) is 10.3. The molecule has 0 amide bonds. The molecular formula is C22H34N4O3. The van der Waals surface area contributed by atoms with Crippen molar-refractivity contribution in [2.45, 2.75) is 59.0 Å². The molecule has 0 atom stereocenters. The predicted molar refractivity (Wildman–Crippen MR) is 116 cm³/mol. The molecule has 0 aliphatic heterocycles. The molecule has 7 heteroatoms. The van der Waals surface area contributed by atoms with Crippen molar-refractivity contribution in [2.24, 2.45) is 4.99 Å². The smallest absolute Gasteiger partial charge is 0.191 e. The maximum atomic E-state index is 5.70. The van der Waals surface area contributed by atoms with Gasteiger partial charge in [-0.2, -0.15) is 0 Å². The third-order valence-electron chi connectivity index (χ3n) is 4.78. The van der Waals surface area contributed by atoms with Crippen molar-refractivity contribution in [3.8, 4) is 11.5 Å². The first-order valence-corrected chi connectivity index (χ1v) is 10.3. The lowest BCUT2D eigenvalue weighted by Gasteiger charge is -2.14. The van der Waals surface area contributed by atoms with Gasteiger partial charge in [-0.25, -0.2) is 0 Å². The van der Waals surface area contributed by atoms with E-state index in [2.05, 4.69) is 41.6 Å². The predicted octanol–water partition coefficient (Wildman–Crippen LogP) is 4.24. The summed E-state index contributed by atoms with van der Waals surface area (Å²) in [7, 11) is 3.40. The van der Waals surface area contributed by atoms with Crippen molar-refractivity contribution in [1.82, 2.24) is 15.8 Å². The Hall–Kier alpha value is -2.70. The SMILES string of the molecule is CCCOc1ccc(CNC(=NC)NCc2cc(C(CC)CC)no2)cc1OC. The van der Waals surface area contributed by atoms with Crippen LogP contribution in [0.5, 0.6) is 11.5 Å². The largest absolute Gasteiger partial charge is 0.493 e. The highest BCUT2D eigenvalue weighted by Gasteiger charge is 2.13. The van der Waals surface area contributed by atoms with Crippen LogP contribution in [0.1, 0.15) is 63.0 Å². The van der Waals surface area contributed by atoms with Gasteiger partial charge in [0, 0.05) is 25.6 Å². The molecule has 160 valence electrons. The number of nitrogens with zero attached hydrogens (tertiary/aromatic N) is 2. The van der Waals surface area contributed by atoms with Crippen molar-refractivity contribution in [2.75, 3.05) is 20.8 Å². The number of hydrogen-bond acceptors (Lipinski definition) is 5. The molecule has 2 rings (SSSR count). The zero-order valence-corrected chi connectivity index (χ0v) is 18.2. The summed E-state index contributed by atoms with van der Waals surface area (Å²) in [6, 6.07) is 7.96. The molecule has 0 bridgehead atoms. The summed E-state index contributed by atoms with van der Waals surface area (Å²) in [5.74, 6) is 3.43. The van der Waals surface area contributed by atoms with E-state index < -0.39 is 0 Å². The lowest BCUT2D eigenvalue weighted by atomic mass is 9.99. The topological polar surface area (TPSA) is 80.9 Å². The average molecular weight is 403 g/mol. The van der Waals surface area contributed by atoms with Gasteiger partial charge in [0.1, 0.15) is 0 Å². The van der Waals surface area contributed by atoms with Gasteiger partial charge < -0.3 is 24.6 Å². The normalized spacial score (nSPS) is 11.6. The number of ether oxygens (including phenoxy) is 2.